The van der Waals surface area contributed by atoms with Crippen molar-refractivity contribution in [1.29, 1.82) is 0 Å². The van der Waals surface area contributed by atoms with E-state index in [4.69, 9.17) is 10.5 Å². The molecule has 0 fully saturated rings. The van der Waals surface area contributed by atoms with E-state index in [1.165, 1.54) is 7.11 Å². The number of alkyl halides is 3. The third kappa shape index (κ3) is 11.1. The molecule has 0 aromatic carbocycles. The highest BCUT2D eigenvalue weighted by molar-refractivity contribution is 5.80. The Hall–Kier alpha value is -0.820. The molecule has 90 valence electrons. The number of methoxy groups -OCH3 is 1. The number of nitrogens with zero attached hydrogens (tertiary/aromatic N) is 1. The van der Waals surface area contributed by atoms with Crippen LogP contribution in [0, 0.1) is 0 Å². The van der Waals surface area contributed by atoms with E-state index in [1.54, 1.807) is 0 Å². The largest absolute Gasteiger partial charge is 0.411 e. The van der Waals surface area contributed by atoms with E-state index >= 15 is 0 Å². The van der Waals surface area contributed by atoms with E-state index in [9.17, 15) is 13.2 Å². The van der Waals surface area contributed by atoms with Crippen LogP contribution in [0.25, 0.3) is 0 Å². The summed E-state index contributed by atoms with van der Waals surface area (Å²) < 4.78 is 44.0. The van der Waals surface area contributed by atoms with E-state index in [0.29, 0.717) is 13.2 Å². The van der Waals surface area contributed by atoms with Gasteiger partial charge in [0.25, 0.3) is 0 Å². The van der Waals surface area contributed by atoms with Gasteiger partial charge >= 0.3 is 6.18 Å². The monoisotopic (exact) mass is 228 g/mol. The lowest BCUT2D eigenvalue weighted by Crippen LogP contribution is -2.20. The van der Waals surface area contributed by atoms with Crippen LogP contribution in [0.15, 0.2) is 4.99 Å². The summed E-state index contributed by atoms with van der Waals surface area (Å²) in [5.41, 5.74) is 5.40. The van der Waals surface area contributed by atoms with Gasteiger partial charge in [0.15, 0.2) is 0 Å². The highest BCUT2D eigenvalue weighted by atomic mass is 19.4. The maximum absolute atomic E-state index is 11.6. The van der Waals surface area contributed by atoms with Gasteiger partial charge in [-0.05, 0) is 0 Å². The molecule has 0 heterocycles. The molecule has 0 bridgehead atoms. The molecule has 0 saturated carbocycles. The summed E-state index contributed by atoms with van der Waals surface area (Å²) in [4.78, 5) is 3.86. The van der Waals surface area contributed by atoms with Gasteiger partial charge in [0.05, 0.1) is 25.6 Å². The van der Waals surface area contributed by atoms with Crippen molar-refractivity contribution in [3.63, 3.8) is 0 Å². The minimum absolute atomic E-state index is 0.0815. The molecule has 0 aliphatic carbocycles. The van der Waals surface area contributed by atoms with E-state index in [1.807, 2.05) is 0 Å². The molecule has 0 aromatic rings. The maximum Gasteiger partial charge on any atom is 0.411 e. The minimum atomic E-state index is -4.29. The van der Waals surface area contributed by atoms with Crippen LogP contribution in [0.2, 0.25) is 0 Å². The number of aliphatic imine (C=N–C) groups is 1. The van der Waals surface area contributed by atoms with Crippen LogP contribution in [-0.2, 0) is 9.47 Å². The van der Waals surface area contributed by atoms with Gasteiger partial charge in [-0.15, -0.1) is 0 Å². The van der Waals surface area contributed by atoms with Crippen LogP contribution in [0.1, 0.15) is 6.42 Å². The van der Waals surface area contributed by atoms with Crippen LogP contribution < -0.4 is 5.73 Å². The Labute approximate surface area is 86.3 Å². The zero-order valence-corrected chi connectivity index (χ0v) is 8.51. The zero-order chi connectivity index (χ0) is 11.7. The summed E-state index contributed by atoms with van der Waals surface area (Å²) in [5, 5.41) is 0. The van der Waals surface area contributed by atoms with Gasteiger partial charge in [0.2, 0.25) is 0 Å². The second-order valence-electron chi connectivity index (χ2n) is 2.78. The lowest BCUT2D eigenvalue weighted by molar-refractivity contribution is -0.173. The molecular weight excluding hydrogens is 213 g/mol. The van der Waals surface area contributed by atoms with E-state index < -0.39 is 12.8 Å². The molecule has 0 aromatic heterocycles. The zero-order valence-electron chi connectivity index (χ0n) is 8.51. The molecule has 0 amide bonds. The fourth-order valence-corrected chi connectivity index (χ4v) is 0.724. The van der Waals surface area contributed by atoms with Crippen LogP contribution in [-0.4, -0.2) is 45.5 Å². The molecule has 0 aliphatic rings. The summed E-state index contributed by atoms with van der Waals surface area (Å²) in [7, 11) is 1.53. The third-order valence-electron chi connectivity index (χ3n) is 1.38. The van der Waals surface area contributed by atoms with Crippen molar-refractivity contribution in [3.05, 3.63) is 0 Å². The summed E-state index contributed by atoms with van der Waals surface area (Å²) >= 11 is 0. The number of halogens is 3. The number of ether oxygens (including phenoxy) is 2. The molecule has 0 aliphatic heterocycles. The fourth-order valence-electron chi connectivity index (χ4n) is 0.724. The van der Waals surface area contributed by atoms with Crippen LogP contribution in [0.3, 0.4) is 0 Å². The molecule has 15 heavy (non-hydrogen) atoms. The first-order valence-corrected chi connectivity index (χ1v) is 4.38. The van der Waals surface area contributed by atoms with Crippen LogP contribution in [0.5, 0.6) is 0 Å². The van der Waals surface area contributed by atoms with Crippen molar-refractivity contribution in [3.8, 4) is 0 Å². The predicted octanol–water partition coefficient (Wildman–Crippen LogP) is 0.959. The summed E-state index contributed by atoms with van der Waals surface area (Å²) in [6.45, 7) is -0.494. The Bertz CT molecular complexity index is 195. The Morgan fingerprint density at radius 1 is 1.33 bits per heavy atom. The molecule has 4 nitrogen and oxygen atoms in total. The van der Waals surface area contributed by atoms with Crippen molar-refractivity contribution < 1.29 is 22.6 Å². The summed E-state index contributed by atoms with van der Waals surface area (Å²) in [6, 6.07) is 0. The standard InChI is InChI=1S/C8H15F3N2O2/c1-14-5-3-13-7(12)2-4-15-6-8(9,10)11/h2-6H2,1H3,(H2,12,13). The highest BCUT2D eigenvalue weighted by Crippen LogP contribution is 2.14. The number of hydrogen-bond acceptors (Lipinski definition) is 3. The Morgan fingerprint density at radius 3 is 2.53 bits per heavy atom. The molecule has 0 spiro atoms. The van der Waals surface area contributed by atoms with E-state index in [2.05, 4.69) is 9.73 Å². The molecule has 0 unspecified atom stereocenters. The Balaban J connectivity index is 3.46. The predicted molar refractivity (Wildman–Crippen MR) is 49.9 cm³/mol. The molecule has 0 saturated heterocycles. The molecule has 7 heteroatoms. The van der Waals surface area contributed by atoms with Gasteiger partial charge in [0.1, 0.15) is 6.61 Å². The lowest BCUT2D eigenvalue weighted by Gasteiger charge is -2.07. The van der Waals surface area contributed by atoms with Crippen molar-refractivity contribution >= 4 is 5.84 Å². The topological polar surface area (TPSA) is 56.8 Å². The van der Waals surface area contributed by atoms with Gasteiger partial charge in [-0.2, -0.15) is 13.2 Å². The van der Waals surface area contributed by atoms with Crippen molar-refractivity contribution in [2.24, 2.45) is 10.7 Å². The summed E-state index contributed by atoms with van der Waals surface area (Å²) in [5.74, 6) is 0.272. The quantitative estimate of drug-likeness (QED) is 0.401. The SMILES string of the molecule is COCCN=C(N)CCOCC(F)(F)F. The first-order valence-electron chi connectivity index (χ1n) is 4.38. The molecular formula is C8H15F3N2O2. The van der Waals surface area contributed by atoms with Gasteiger partial charge < -0.3 is 15.2 Å². The normalized spacial score (nSPS) is 13.2. The highest BCUT2D eigenvalue weighted by Gasteiger charge is 2.27. The molecule has 0 radical (unpaired) electrons. The number of amidine groups is 1. The molecule has 0 rings (SSSR count). The van der Waals surface area contributed by atoms with Gasteiger partial charge in [-0.25, -0.2) is 0 Å². The smallest absolute Gasteiger partial charge is 0.387 e. The molecule has 2 N–H and O–H groups in total. The summed E-state index contributed by atoms with van der Waals surface area (Å²) in [6.07, 6.45) is -4.10. The maximum atomic E-state index is 11.6. The first-order chi connectivity index (χ1) is 6.95. The lowest BCUT2D eigenvalue weighted by atomic mass is 10.4. The van der Waals surface area contributed by atoms with Gasteiger partial charge in [-0.3, -0.25) is 4.99 Å². The molecule has 0 atom stereocenters. The second-order valence-corrected chi connectivity index (χ2v) is 2.78. The van der Waals surface area contributed by atoms with Gasteiger partial charge in [0, 0.05) is 13.5 Å². The van der Waals surface area contributed by atoms with E-state index in [-0.39, 0.29) is 18.9 Å². The van der Waals surface area contributed by atoms with Crippen molar-refractivity contribution in [2.45, 2.75) is 12.6 Å². The minimum Gasteiger partial charge on any atom is -0.387 e. The average Bonchev–Trinajstić information content (AvgIpc) is 2.11. The number of rotatable bonds is 7. The number of hydrogen-bond donors (Lipinski definition) is 1. The number of nitrogens with two attached hydrogens (primary N) is 1. The van der Waals surface area contributed by atoms with Crippen molar-refractivity contribution in [1.82, 2.24) is 0 Å². The van der Waals surface area contributed by atoms with Crippen LogP contribution >= 0.6 is 0 Å². The first kappa shape index (κ1) is 14.2. The second kappa shape index (κ2) is 7.47. The van der Waals surface area contributed by atoms with Crippen molar-refractivity contribution in [2.75, 3.05) is 33.5 Å². The van der Waals surface area contributed by atoms with E-state index in [0.717, 1.165) is 0 Å². The third-order valence-corrected chi connectivity index (χ3v) is 1.38. The Morgan fingerprint density at radius 2 is 2.00 bits per heavy atom. The van der Waals surface area contributed by atoms with Crippen LogP contribution in [0.4, 0.5) is 13.2 Å². The Kier molecular flexibility index (Phi) is 7.06. The fraction of sp³-hybridized carbons (Fsp3) is 0.875. The van der Waals surface area contributed by atoms with Gasteiger partial charge in [-0.1, -0.05) is 0 Å². The average molecular weight is 228 g/mol.